The number of likely N-dealkylation sites (tertiary alicyclic amines) is 1. The Bertz CT molecular complexity index is 1430. The second-order valence-corrected chi connectivity index (χ2v) is 11.2. The van der Waals surface area contributed by atoms with Crippen molar-refractivity contribution in [2.75, 3.05) is 19.6 Å². The summed E-state index contributed by atoms with van der Waals surface area (Å²) in [5, 5.41) is 12.3. The fraction of sp³-hybridized carbons (Fsp3) is 0.278. The number of carboxylic acid groups (broad SMARTS) is 1. The molecule has 0 radical (unpaired) electrons. The van der Waals surface area contributed by atoms with Gasteiger partial charge in [-0.05, 0) is 78.2 Å². The molecule has 0 aliphatic carbocycles. The highest BCUT2D eigenvalue weighted by Crippen LogP contribution is 2.34. The van der Waals surface area contributed by atoms with E-state index in [-0.39, 0.29) is 18.2 Å². The number of benzene rings is 4. The molecule has 0 bridgehead atoms. The Balaban J connectivity index is 1.27. The molecule has 2 atom stereocenters. The molecule has 4 aromatic rings. The van der Waals surface area contributed by atoms with E-state index in [9.17, 15) is 9.59 Å². The van der Waals surface area contributed by atoms with Crippen LogP contribution in [0.3, 0.4) is 0 Å². The lowest BCUT2D eigenvalue weighted by molar-refractivity contribution is -0.138. The predicted octanol–water partition coefficient (Wildman–Crippen LogP) is 5.73. The second-order valence-electron chi connectivity index (χ2n) is 11.2. The molecule has 4 aromatic carbocycles. The van der Waals surface area contributed by atoms with Gasteiger partial charge in [0.2, 0.25) is 0 Å². The van der Waals surface area contributed by atoms with Crippen molar-refractivity contribution < 1.29 is 14.7 Å². The van der Waals surface area contributed by atoms with Gasteiger partial charge >= 0.3 is 5.97 Å². The molecule has 5 rings (SSSR count). The molecule has 6 nitrogen and oxygen atoms in total. The van der Waals surface area contributed by atoms with E-state index in [2.05, 4.69) is 89.1 Å². The number of hydrogen-bond donors (Lipinski definition) is 3. The summed E-state index contributed by atoms with van der Waals surface area (Å²) in [5.41, 5.74) is 12.0. The van der Waals surface area contributed by atoms with Gasteiger partial charge in [0.1, 0.15) is 6.04 Å². The number of carbonyl (C=O) groups is 2. The Hall–Kier alpha value is -4.26. The number of nitrogens with one attached hydrogen (secondary N) is 1. The van der Waals surface area contributed by atoms with Gasteiger partial charge in [-0.2, -0.15) is 0 Å². The minimum atomic E-state index is -1.04. The van der Waals surface area contributed by atoms with Crippen molar-refractivity contribution >= 4 is 11.9 Å². The highest BCUT2D eigenvalue weighted by molar-refractivity contribution is 5.94. The normalized spacial score (nSPS) is 15.5. The van der Waals surface area contributed by atoms with E-state index in [1.807, 2.05) is 6.07 Å². The maximum absolute atomic E-state index is 13.2. The third-order valence-corrected chi connectivity index (χ3v) is 8.37. The molecule has 42 heavy (non-hydrogen) atoms. The highest BCUT2D eigenvalue weighted by atomic mass is 16.4. The first kappa shape index (κ1) is 29.2. The summed E-state index contributed by atoms with van der Waals surface area (Å²) < 4.78 is 0. The van der Waals surface area contributed by atoms with Gasteiger partial charge in [0.15, 0.2) is 0 Å². The van der Waals surface area contributed by atoms with Crippen molar-refractivity contribution in [2.45, 2.75) is 37.8 Å². The molecule has 0 saturated carbocycles. The zero-order valence-electron chi connectivity index (χ0n) is 23.9. The van der Waals surface area contributed by atoms with Crippen LogP contribution in [-0.4, -0.2) is 47.6 Å². The van der Waals surface area contributed by atoms with Gasteiger partial charge in [0.25, 0.3) is 5.91 Å². The fourth-order valence-corrected chi connectivity index (χ4v) is 5.90. The number of piperidine rings is 1. The quantitative estimate of drug-likeness (QED) is 0.217. The summed E-state index contributed by atoms with van der Waals surface area (Å²) in [7, 11) is 0. The van der Waals surface area contributed by atoms with Gasteiger partial charge < -0.3 is 16.2 Å². The van der Waals surface area contributed by atoms with Gasteiger partial charge in [-0.15, -0.1) is 0 Å². The molecule has 1 aliphatic heterocycles. The number of nitrogens with zero attached hydrogens (tertiary/aromatic N) is 1. The Morgan fingerprint density at radius 1 is 0.786 bits per heavy atom. The molecule has 1 aliphatic rings. The molecule has 216 valence electrons. The van der Waals surface area contributed by atoms with Crippen LogP contribution in [0.25, 0.3) is 11.1 Å². The molecule has 6 heteroatoms. The van der Waals surface area contributed by atoms with Crippen molar-refractivity contribution in [2.24, 2.45) is 11.7 Å². The number of aliphatic carboxylic acids is 1. The third-order valence-electron chi connectivity index (χ3n) is 8.37. The molecular formula is C36H39N3O3. The molecule has 1 heterocycles. The minimum Gasteiger partial charge on any atom is -0.480 e. The Morgan fingerprint density at radius 3 is 2.00 bits per heavy atom. The standard InChI is InChI=1S/C36H39N3O3/c37-34(36(41)42)23-26-11-13-32(14-12-26)35(40)38-24-33(30-17-15-29(16-18-30)28-9-5-2-6-10-28)31-19-21-39(22-20-31)25-27-7-3-1-4-8-27/h1-18,31,33-34H,19-25,37H2,(H,38,40)(H,41,42)/t33-,34-/m0/s1. The Kier molecular flexibility index (Phi) is 9.80. The molecule has 1 fully saturated rings. The minimum absolute atomic E-state index is 0.128. The van der Waals surface area contributed by atoms with E-state index in [4.69, 9.17) is 10.8 Å². The fourth-order valence-electron chi connectivity index (χ4n) is 5.90. The van der Waals surface area contributed by atoms with Crippen LogP contribution in [0.15, 0.2) is 109 Å². The summed E-state index contributed by atoms with van der Waals surface area (Å²) in [6.45, 7) is 3.59. The SMILES string of the molecule is N[C@@H](Cc1ccc(C(=O)NC[C@@H](c2ccc(-c3ccccc3)cc2)C2CCN(Cc3ccccc3)CC2)cc1)C(=O)O. The zero-order chi connectivity index (χ0) is 29.3. The summed E-state index contributed by atoms with van der Waals surface area (Å²) in [6, 6.07) is 35.9. The predicted molar refractivity (Wildman–Crippen MR) is 167 cm³/mol. The van der Waals surface area contributed by atoms with Crippen LogP contribution >= 0.6 is 0 Å². The van der Waals surface area contributed by atoms with Gasteiger partial charge in [-0.3, -0.25) is 14.5 Å². The molecule has 4 N–H and O–H groups in total. The Morgan fingerprint density at radius 2 is 1.38 bits per heavy atom. The average molecular weight is 562 g/mol. The number of nitrogens with two attached hydrogens (primary N) is 1. The molecular weight excluding hydrogens is 522 g/mol. The van der Waals surface area contributed by atoms with Crippen molar-refractivity contribution in [1.82, 2.24) is 10.2 Å². The van der Waals surface area contributed by atoms with Crippen LogP contribution < -0.4 is 11.1 Å². The lowest BCUT2D eigenvalue weighted by Crippen LogP contribution is -2.38. The van der Waals surface area contributed by atoms with Crippen LogP contribution in [0.1, 0.15) is 45.8 Å². The topological polar surface area (TPSA) is 95.7 Å². The molecule has 1 saturated heterocycles. The second kappa shape index (κ2) is 14.1. The van der Waals surface area contributed by atoms with Crippen molar-refractivity contribution in [3.63, 3.8) is 0 Å². The Labute approximate surface area is 248 Å². The molecule has 0 spiro atoms. The first-order chi connectivity index (χ1) is 20.5. The van der Waals surface area contributed by atoms with E-state index in [0.717, 1.165) is 38.0 Å². The first-order valence-corrected chi connectivity index (χ1v) is 14.7. The van der Waals surface area contributed by atoms with Gasteiger partial charge in [0.05, 0.1) is 0 Å². The van der Waals surface area contributed by atoms with Crippen LogP contribution in [0.5, 0.6) is 0 Å². The van der Waals surface area contributed by atoms with Crippen LogP contribution in [0.4, 0.5) is 0 Å². The maximum Gasteiger partial charge on any atom is 0.320 e. The van der Waals surface area contributed by atoms with Crippen LogP contribution in [0.2, 0.25) is 0 Å². The van der Waals surface area contributed by atoms with E-state index in [1.54, 1.807) is 24.3 Å². The van der Waals surface area contributed by atoms with Crippen LogP contribution in [-0.2, 0) is 17.8 Å². The number of carbonyl (C=O) groups excluding carboxylic acids is 1. The van der Waals surface area contributed by atoms with E-state index in [1.165, 1.54) is 22.3 Å². The summed E-state index contributed by atoms with van der Waals surface area (Å²) in [6.07, 6.45) is 2.37. The van der Waals surface area contributed by atoms with Crippen molar-refractivity contribution in [3.8, 4) is 11.1 Å². The maximum atomic E-state index is 13.2. The average Bonchev–Trinajstić information content (AvgIpc) is 3.03. The molecule has 0 unspecified atom stereocenters. The summed E-state index contributed by atoms with van der Waals surface area (Å²) >= 11 is 0. The van der Waals surface area contributed by atoms with Crippen LogP contribution in [0, 0.1) is 5.92 Å². The first-order valence-electron chi connectivity index (χ1n) is 14.7. The van der Waals surface area contributed by atoms with Gasteiger partial charge in [-0.1, -0.05) is 97.1 Å². The highest BCUT2D eigenvalue weighted by Gasteiger charge is 2.28. The van der Waals surface area contributed by atoms with E-state index >= 15 is 0 Å². The number of carboxylic acids is 1. The van der Waals surface area contributed by atoms with Gasteiger partial charge in [-0.25, -0.2) is 0 Å². The van der Waals surface area contributed by atoms with E-state index < -0.39 is 12.0 Å². The van der Waals surface area contributed by atoms with Crippen molar-refractivity contribution in [3.05, 3.63) is 131 Å². The van der Waals surface area contributed by atoms with E-state index in [0.29, 0.717) is 18.0 Å². The number of rotatable bonds is 11. The summed E-state index contributed by atoms with van der Waals surface area (Å²) in [4.78, 5) is 26.8. The summed E-state index contributed by atoms with van der Waals surface area (Å²) in [5.74, 6) is -0.507. The van der Waals surface area contributed by atoms with Gasteiger partial charge in [0, 0.05) is 24.6 Å². The lowest BCUT2D eigenvalue weighted by atomic mass is 9.79. The lowest BCUT2D eigenvalue weighted by Gasteiger charge is -2.36. The largest absolute Gasteiger partial charge is 0.480 e. The molecule has 0 aromatic heterocycles. The third kappa shape index (κ3) is 7.72. The smallest absolute Gasteiger partial charge is 0.320 e. The number of amides is 1. The monoisotopic (exact) mass is 561 g/mol. The van der Waals surface area contributed by atoms with Crippen molar-refractivity contribution in [1.29, 1.82) is 0 Å². The number of hydrogen-bond acceptors (Lipinski definition) is 4. The molecule has 1 amide bonds. The zero-order valence-corrected chi connectivity index (χ0v) is 23.9.